The van der Waals surface area contributed by atoms with Gasteiger partial charge in [0.1, 0.15) is 0 Å². The number of benzene rings is 1. The summed E-state index contributed by atoms with van der Waals surface area (Å²) in [6.07, 6.45) is 6.46. The minimum atomic E-state index is 0.740. The molecule has 0 amide bonds. The smallest absolute Gasteiger partial charge is 0.0440 e. The first kappa shape index (κ1) is 10.6. The lowest BCUT2D eigenvalue weighted by Gasteiger charge is -2.17. The molecule has 1 aromatic carbocycles. The van der Waals surface area contributed by atoms with Gasteiger partial charge in [0.15, 0.2) is 0 Å². The van der Waals surface area contributed by atoms with E-state index in [1.807, 2.05) is 6.07 Å². The predicted molar refractivity (Wildman–Crippen MR) is 68.2 cm³/mol. The van der Waals surface area contributed by atoms with E-state index >= 15 is 0 Å². The maximum atomic E-state index is 6.24. The average molecular weight is 236 g/mol. The summed E-state index contributed by atoms with van der Waals surface area (Å²) in [4.78, 5) is 0. The molecule has 0 bridgehead atoms. The summed E-state index contributed by atoms with van der Waals surface area (Å²) < 4.78 is 0. The fourth-order valence-electron chi connectivity index (χ4n) is 3.24. The van der Waals surface area contributed by atoms with Crippen molar-refractivity contribution >= 4 is 11.6 Å². The minimum absolute atomic E-state index is 0.740. The Hall–Kier alpha value is -0.530. The zero-order valence-corrected chi connectivity index (χ0v) is 10.3. The van der Waals surface area contributed by atoms with Crippen LogP contribution in [0.3, 0.4) is 0 Å². The second-order valence-electron chi connectivity index (χ2n) is 5.07. The van der Waals surface area contributed by atoms with Crippen LogP contribution in [0.15, 0.2) is 18.2 Å². The van der Waals surface area contributed by atoms with Crippen LogP contribution in [0.2, 0.25) is 5.02 Å². The molecule has 2 atom stereocenters. The van der Waals surface area contributed by atoms with E-state index in [0.717, 1.165) is 17.0 Å². The maximum Gasteiger partial charge on any atom is 0.0440 e. The molecule has 0 saturated carbocycles. The molecule has 0 spiro atoms. The summed E-state index contributed by atoms with van der Waals surface area (Å²) in [5, 5.41) is 4.57. The molecule has 86 valence electrons. The quantitative estimate of drug-likeness (QED) is 0.827. The molecule has 2 heteroatoms. The van der Waals surface area contributed by atoms with Crippen LogP contribution >= 0.6 is 11.6 Å². The average Bonchev–Trinajstić information content (AvgIpc) is 2.90. The van der Waals surface area contributed by atoms with Crippen LogP contribution in [0, 0.1) is 0 Å². The number of halogens is 1. The fourth-order valence-corrected chi connectivity index (χ4v) is 3.52. The van der Waals surface area contributed by atoms with E-state index in [2.05, 4.69) is 17.4 Å². The van der Waals surface area contributed by atoms with Gasteiger partial charge >= 0.3 is 0 Å². The monoisotopic (exact) mass is 235 g/mol. The third-order valence-corrected chi connectivity index (χ3v) is 4.42. The second-order valence-corrected chi connectivity index (χ2v) is 5.48. The van der Waals surface area contributed by atoms with E-state index < -0.39 is 0 Å². The fraction of sp³-hybridized carbons (Fsp3) is 0.571. The molecule has 1 N–H and O–H groups in total. The molecule has 0 aromatic heterocycles. The molecule has 1 heterocycles. The normalized spacial score (nSPS) is 28.3. The number of nitrogens with one attached hydrogen (secondary N) is 1. The molecule has 0 radical (unpaired) electrons. The maximum absolute atomic E-state index is 6.24. The number of hydrogen-bond acceptors (Lipinski definition) is 1. The Kier molecular flexibility index (Phi) is 2.91. The first-order valence-electron chi connectivity index (χ1n) is 6.35. The molecule has 3 rings (SSSR count). The molecule has 16 heavy (non-hydrogen) atoms. The van der Waals surface area contributed by atoms with Crippen LogP contribution in [0.25, 0.3) is 0 Å². The Morgan fingerprint density at radius 2 is 2.25 bits per heavy atom. The molecule has 1 fully saturated rings. The van der Waals surface area contributed by atoms with Crippen LogP contribution in [0.5, 0.6) is 0 Å². The lowest BCUT2D eigenvalue weighted by molar-refractivity contribution is 0.488. The summed E-state index contributed by atoms with van der Waals surface area (Å²) >= 11 is 6.24. The van der Waals surface area contributed by atoms with Gasteiger partial charge in [-0.15, -0.1) is 0 Å². The Bertz CT molecular complexity index is 382. The van der Waals surface area contributed by atoms with Crippen molar-refractivity contribution in [2.45, 2.75) is 44.1 Å². The van der Waals surface area contributed by atoms with E-state index in [-0.39, 0.29) is 0 Å². The Balaban J connectivity index is 1.78. The van der Waals surface area contributed by atoms with Crippen molar-refractivity contribution in [1.82, 2.24) is 5.32 Å². The van der Waals surface area contributed by atoms with Gasteiger partial charge in [0.2, 0.25) is 0 Å². The van der Waals surface area contributed by atoms with Crippen LogP contribution in [0.4, 0.5) is 0 Å². The number of fused-ring (bicyclic) bond motifs is 1. The molecule has 1 aromatic rings. The van der Waals surface area contributed by atoms with Crippen LogP contribution in [0.1, 0.15) is 42.7 Å². The van der Waals surface area contributed by atoms with Crippen LogP contribution in [-0.4, -0.2) is 12.6 Å². The van der Waals surface area contributed by atoms with Crippen molar-refractivity contribution < 1.29 is 0 Å². The second kappa shape index (κ2) is 4.38. The van der Waals surface area contributed by atoms with Crippen molar-refractivity contribution in [2.24, 2.45) is 0 Å². The molecule has 1 nitrogen and oxygen atoms in total. The van der Waals surface area contributed by atoms with Gasteiger partial charge in [-0.3, -0.25) is 0 Å². The van der Waals surface area contributed by atoms with Crippen LogP contribution in [-0.2, 0) is 6.42 Å². The van der Waals surface area contributed by atoms with E-state index in [0.29, 0.717) is 0 Å². The highest BCUT2D eigenvalue weighted by Gasteiger charge is 2.27. The third kappa shape index (κ3) is 1.87. The van der Waals surface area contributed by atoms with Gasteiger partial charge in [0.05, 0.1) is 0 Å². The summed E-state index contributed by atoms with van der Waals surface area (Å²) in [6, 6.07) is 7.14. The number of hydrogen-bond donors (Lipinski definition) is 1. The zero-order chi connectivity index (χ0) is 11.0. The van der Waals surface area contributed by atoms with Crippen molar-refractivity contribution in [3.63, 3.8) is 0 Å². The summed E-state index contributed by atoms with van der Waals surface area (Å²) in [7, 11) is 0. The van der Waals surface area contributed by atoms with Gasteiger partial charge in [0, 0.05) is 11.1 Å². The van der Waals surface area contributed by atoms with Gasteiger partial charge < -0.3 is 5.32 Å². The zero-order valence-electron chi connectivity index (χ0n) is 9.51. The van der Waals surface area contributed by atoms with E-state index in [1.165, 1.54) is 49.8 Å². The topological polar surface area (TPSA) is 12.0 Å². The van der Waals surface area contributed by atoms with Crippen molar-refractivity contribution in [2.75, 3.05) is 6.54 Å². The number of rotatable bonds is 2. The van der Waals surface area contributed by atoms with Gasteiger partial charge in [-0.1, -0.05) is 23.7 Å². The standard InChI is InChI=1S/C14H18ClN/c15-14-5-1-4-12-10(6-7-13(12)14)9-11-3-2-8-16-11/h1,4-5,10-11,16H,2-3,6-9H2. The summed E-state index contributed by atoms with van der Waals surface area (Å²) in [6.45, 7) is 1.21. The molecule has 1 aliphatic heterocycles. The van der Waals surface area contributed by atoms with E-state index in [9.17, 15) is 0 Å². The predicted octanol–water partition coefficient (Wildman–Crippen LogP) is 3.51. The molecule has 2 unspecified atom stereocenters. The highest BCUT2D eigenvalue weighted by atomic mass is 35.5. The van der Waals surface area contributed by atoms with Crippen LogP contribution < -0.4 is 5.32 Å². The Morgan fingerprint density at radius 3 is 3.06 bits per heavy atom. The largest absolute Gasteiger partial charge is 0.314 e. The van der Waals surface area contributed by atoms with Crippen molar-refractivity contribution in [1.29, 1.82) is 0 Å². The SMILES string of the molecule is Clc1cccc2c1CCC2CC1CCCN1. The Labute approximate surface area is 102 Å². The highest BCUT2D eigenvalue weighted by Crippen LogP contribution is 2.40. The van der Waals surface area contributed by atoms with E-state index in [4.69, 9.17) is 11.6 Å². The molecule has 2 aliphatic rings. The van der Waals surface area contributed by atoms with Gasteiger partial charge in [-0.05, 0) is 61.8 Å². The third-order valence-electron chi connectivity index (χ3n) is 4.07. The molecular weight excluding hydrogens is 218 g/mol. The molecular formula is C14H18ClN. The molecule has 1 aliphatic carbocycles. The lowest BCUT2D eigenvalue weighted by atomic mass is 9.93. The minimum Gasteiger partial charge on any atom is -0.314 e. The summed E-state index contributed by atoms with van der Waals surface area (Å²) in [5.41, 5.74) is 2.92. The first-order chi connectivity index (χ1) is 7.84. The molecule has 1 saturated heterocycles. The lowest BCUT2D eigenvalue weighted by Crippen LogP contribution is -2.23. The van der Waals surface area contributed by atoms with Crippen molar-refractivity contribution in [3.8, 4) is 0 Å². The highest BCUT2D eigenvalue weighted by molar-refractivity contribution is 6.31. The van der Waals surface area contributed by atoms with Crippen molar-refractivity contribution in [3.05, 3.63) is 34.3 Å². The van der Waals surface area contributed by atoms with Gasteiger partial charge in [0.25, 0.3) is 0 Å². The summed E-state index contributed by atoms with van der Waals surface area (Å²) in [5.74, 6) is 0.740. The Morgan fingerprint density at radius 1 is 1.31 bits per heavy atom. The van der Waals surface area contributed by atoms with Gasteiger partial charge in [-0.25, -0.2) is 0 Å². The van der Waals surface area contributed by atoms with E-state index in [1.54, 1.807) is 0 Å². The van der Waals surface area contributed by atoms with Gasteiger partial charge in [-0.2, -0.15) is 0 Å². The first-order valence-corrected chi connectivity index (χ1v) is 6.73.